The van der Waals surface area contributed by atoms with E-state index in [0.717, 1.165) is 51.4 Å². The zero-order valence-electron chi connectivity index (χ0n) is 47.7. The quantitative estimate of drug-likeness (QED) is 0.0420. The minimum absolute atomic E-state index is 0.0757. The summed E-state index contributed by atoms with van der Waals surface area (Å²) < 4.78 is 0. The van der Waals surface area contributed by atoms with Crippen LogP contribution < -0.4 is 5.32 Å². The third-order valence-electron chi connectivity index (χ3n) is 14.4. The van der Waals surface area contributed by atoms with Crippen LogP contribution in [0.1, 0.15) is 328 Å². The molecule has 0 saturated heterocycles. The molecule has 4 heteroatoms. The van der Waals surface area contributed by atoms with E-state index >= 15 is 0 Å². The van der Waals surface area contributed by atoms with Crippen molar-refractivity contribution in [3.63, 3.8) is 0 Å². The fourth-order valence-corrected chi connectivity index (χ4v) is 9.57. The van der Waals surface area contributed by atoms with E-state index in [4.69, 9.17) is 0 Å². The molecule has 0 aromatic heterocycles. The first-order chi connectivity index (χ1) is 35.2. The zero-order valence-corrected chi connectivity index (χ0v) is 47.7. The molecule has 1 amide bonds. The smallest absolute Gasteiger partial charge is 0.220 e. The number of aliphatic hydroxyl groups is 2. The topological polar surface area (TPSA) is 69.6 Å². The van der Waals surface area contributed by atoms with Gasteiger partial charge in [0.15, 0.2) is 0 Å². The van der Waals surface area contributed by atoms with E-state index in [1.165, 1.54) is 257 Å². The molecule has 0 aliphatic rings. The summed E-state index contributed by atoms with van der Waals surface area (Å²) in [5.41, 5.74) is 0. The predicted molar refractivity (Wildman–Crippen MR) is 317 cm³/mol. The molecule has 0 aromatic rings. The Hall–Kier alpha value is -2.17. The van der Waals surface area contributed by atoms with Crippen LogP contribution >= 0.6 is 0 Å². The average Bonchev–Trinajstić information content (AvgIpc) is 3.37. The van der Waals surface area contributed by atoms with Crippen LogP contribution in [0.4, 0.5) is 0 Å². The van der Waals surface area contributed by atoms with Gasteiger partial charge in [-0.2, -0.15) is 0 Å². The molecule has 0 radical (unpaired) electrons. The van der Waals surface area contributed by atoms with Crippen LogP contribution in [0, 0.1) is 0 Å². The van der Waals surface area contributed by atoms with Crippen LogP contribution in [-0.4, -0.2) is 34.9 Å². The number of nitrogens with one attached hydrogen (secondary N) is 1. The van der Waals surface area contributed by atoms with Crippen LogP contribution in [0.5, 0.6) is 0 Å². The monoisotopic (exact) mass is 990 g/mol. The maximum atomic E-state index is 12.5. The van der Waals surface area contributed by atoms with Gasteiger partial charge in [0.25, 0.3) is 0 Å². The normalized spacial score (nSPS) is 13.2. The Morgan fingerprint density at radius 3 is 0.915 bits per heavy atom. The Morgan fingerprint density at radius 2 is 0.592 bits per heavy atom. The molecular formula is C67H123NO3. The summed E-state index contributed by atoms with van der Waals surface area (Å²) in [6.07, 6.45) is 89.5. The van der Waals surface area contributed by atoms with Crippen LogP contribution in [0.3, 0.4) is 0 Å². The minimum Gasteiger partial charge on any atom is -0.394 e. The lowest BCUT2D eigenvalue weighted by molar-refractivity contribution is -0.123. The average molecular weight is 991 g/mol. The highest BCUT2D eigenvalue weighted by Gasteiger charge is 2.18. The van der Waals surface area contributed by atoms with Gasteiger partial charge in [-0.05, 0) is 83.5 Å². The predicted octanol–water partition coefficient (Wildman–Crippen LogP) is 21.3. The van der Waals surface area contributed by atoms with Gasteiger partial charge in [0.05, 0.1) is 18.8 Å². The lowest BCUT2D eigenvalue weighted by Crippen LogP contribution is -2.45. The van der Waals surface area contributed by atoms with Gasteiger partial charge in [-0.15, -0.1) is 0 Å². The van der Waals surface area contributed by atoms with E-state index in [9.17, 15) is 15.0 Å². The van der Waals surface area contributed by atoms with Gasteiger partial charge in [0.2, 0.25) is 5.91 Å². The summed E-state index contributed by atoms with van der Waals surface area (Å²) in [4.78, 5) is 12.5. The lowest BCUT2D eigenvalue weighted by Gasteiger charge is -2.19. The highest BCUT2D eigenvalue weighted by Crippen LogP contribution is 2.17. The number of rotatable bonds is 58. The summed E-state index contributed by atoms with van der Waals surface area (Å²) in [6, 6.07) is -0.650. The second-order valence-electron chi connectivity index (χ2n) is 21.5. The number of aliphatic hydroxyl groups excluding tert-OH is 2. The van der Waals surface area contributed by atoms with Crippen molar-refractivity contribution in [1.82, 2.24) is 5.32 Å². The van der Waals surface area contributed by atoms with Crippen LogP contribution in [0.2, 0.25) is 0 Å². The number of carbonyl (C=O) groups is 1. The summed E-state index contributed by atoms with van der Waals surface area (Å²) in [6.45, 7) is 4.31. The molecule has 0 aliphatic carbocycles. The van der Waals surface area contributed by atoms with Gasteiger partial charge >= 0.3 is 0 Å². The first kappa shape index (κ1) is 68.8. The van der Waals surface area contributed by atoms with E-state index in [2.05, 4.69) is 79.9 Å². The Bertz CT molecular complexity index is 1210. The van der Waals surface area contributed by atoms with Crippen molar-refractivity contribution in [2.24, 2.45) is 0 Å². The van der Waals surface area contributed by atoms with E-state index in [-0.39, 0.29) is 12.5 Å². The molecule has 0 fully saturated rings. The molecule has 2 atom stereocenters. The number of hydrogen-bond donors (Lipinski definition) is 3. The summed E-state index contributed by atoms with van der Waals surface area (Å²) in [5.74, 6) is -0.0757. The van der Waals surface area contributed by atoms with Crippen LogP contribution in [-0.2, 0) is 4.79 Å². The molecule has 2 unspecified atom stereocenters. The Balaban J connectivity index is 3.53. The second kappa shape index (κ2) is 62.1. The minimum atomic E-state index is -0.874. The number of hydrogen-bond acceptors (Lipinski definition) is 3. The van der Waals surface area contributed by atoms with Crippen molar-refractivity contribution in [3.8, 4) is 0 Å². The van der Waals surface area contributed by atoms with E-state index < -0.39 is 12.1 Å². The third kappa shape index (κ3) is 58.6. The molecule has 414 valence electrons. The highest BCUT2D eigenvalue weighted by molar-refractivity contribution is 5.76. The zero-order chi connectivity index (χ0) is 51.3. The third-order valence-corrected chi connectivity index (χ3v) is 14.4. The Morgan fingerprint density at radius 1 is 0.338 bits per heavy atom. The van der Waals surface area contributed by atoms with Crippen molar-refractivity contribution in [2.45, 2.75) is 341 Å². The van der Waals surface area contributed by atoms with Gasteiger partial charge < -0.3 is 15.5 Å². The van der Waals surface area contributed by atoms with Crippen LogP contribution in [0.25, 0.3) is 0 Å². The van der Waals surface area contributed by atoms with Gasteiger partial charge in [-0.1, -0.05) is 311 Å². The lowest BCUT2D eigenvalue weighted by atomic mass is 10.0. The van der Waals surface area contributed by atoms with Gasteiger partial charge in [-0.3, -0.25) is 4.79 Å². The molecule has 4 nitrogen and oxygen atoms in total. The number of amides is 1. The van der Waals surface area contributed by atoms with Crippen molar-refractivity contribution < 1.29 is 15.0 Å². The first-order valence-electron chi connectivity index (χ1n) is 31.7. The molecule has 0 rings (SSSR count). The maximum absolute atomic E-state index is 12.5. The van der Waals surface area contributed by atoms with Crippen molar-refractivity contribution in [1.29, 1.82) is 0 Å². The Kier molecular flexibility index (Phi) is 60.2. The summed E-state index contributed by atoms with van der Waals surface area (Å²) in [7, 11) is 0. The SMILES string of the molecule is CCCCCCC/C=C\C/C=C\C/C=C\CCCCCCCCCCCCCCCCCCC(=O)NC(CO)C(O)/C=C/CC/C=C/CC/C=C/CCCCCCCCCCCCCCCCCCCC. The molecule has 0 bridgehead atoms. The van der Waals surface area contributed by atoms with Crippen LogP contribution in [0.15, 0.2) is 72.9 Å². The molecule has 0 aromatic carbocycles. The highest BCUT2D eigenvalue weighted by atomic mass is 16.3. The molecule has 0 spiro atoms. The summed E-state index contributed by atoms with van der Waals surface area (Å²) >= 11 is 0. The first-order valence-corrected chi connectivity index (χ1v) is 31.7. The Labute approximate surface area is 444 Å². The van der Waals surface area contributed by atoms with E-state index in [1.54, 1.807) is 6.08 Å². The molecule has 0 aliphatic heterocycles. The van der Waals surface area contributed by atoms with Gasteiger partial charge in [0, 0.05) is 6.42 Å². The van der Waals surface area contributed by atoms with Gasteiger partial charge in [0.1, 0.15) is 0 Å². The maximum Gasteiger partial charge on any atom is 0.220 e. The molecule has 0 saturated carbocycles. The standard InChI is InChI=1S/C67H123NO3/c1-3-5-7-9-11-13-15-17-19-21-23-25-27-29-31-33-34-35-37-39-41-43-45-47-49-51-53-55-57-59-61-63-67(71)68-65(64-69)66(70)62-60-58-56-54-52-50-48-46-44-42-40-38-36-32-30-28-26-24-22-20-18-16-14-12-10-8-6-4-2/h15,17,21,23,27,29,44,46,52,54,60,62,65-66,69-70H,3-14,16,18-20,22,24-26,28,30-43,45,47-51,53,55-59,61,63-64H2,1-2H3,(H,68,71)/b17-15-,23-21-,29-27-,46-44+,54-52+,62-60+. The van der Waals surface area contributed by atoms with Crippen molar-refractivity contribution in [2.75, 3.05) is 6.61 Å². The van der Waals surface area contributed by atoms with E-state index in [0.29, 0.717) is 6.42 Å². The van der Waals surface area contributed by atoms with Crippen molar-refractivity contribution >= 4 is 5.91 Å². The molecular weight excluding hydrogens is 867 g/mol. The van der Waals surface area contributed by atoms with E-state index in [1.807, 2.05) is 6.08 Å². The number of carbonyl (C=O) groups excluding carboxylic acids is 1. The van der Waals surface area contributed by atoms with Crippen molar-refractivity contribution in [3.05, 3.63) is 72.9 Å². The molecule has 3 N–H and O–H groups in total. The number of unbranched alkanes of at least 4 members (excludes halogenated alkanes) is 41. The molecule has 0 heterocycles. The largest absolute Gasteiger partial charge is 0.394 e. The molecule has 71 heavy (non-hydrogen) atoms. The fourth-order valence-electron chi connectivity index (χ4n) is 9.57. The second-order valence-corrected chi connectivity index (χ2v) is 21.5. The fraction of sp³-hybridized carbons (Fsp3) is 0.806. The van der Waals surface area contributed by atoms with Gasteiger partial charge in [-0.25, -0.2) is 0 Å². The number of allylic oxidation sites excluding steroid dienone is 11. The summed E-state index contributed by atoms with van der Waals surface area (Å²) in [5, 5.41) is 23.2.